The summed E-state index contributed by atoms with van der Waals surface area (Å²) in [5.74, 6) is 0.341. The molecule has 0 saturated carbocycles. The predicted octanol–water partition coefficient (Wildman–Crippen LogP) is 9.01. The van der Waals surface area contributed by atoms with E-state index < -0.39 is 17.0 Å². The van der Waals surface area contributed by atoms with E-state index >= 15 is 0 Å². The number of nitrogens with two attached hydrogens (primary N) is 1. The summed E-state index contributed by atoms with van der Waals surface area (Å²) in [5.41, 5.74) is 8.24. The van der Waals surface area contributed by atoms with Crippen LogP contribution in [-0.4, -0.2) is 0 Å². The minimum absolute atomic E-state index is 0. The smallest absolute Gasteiger partial charge is 0.693 e. The van der Waals surface area contributed by atoms with Crippen LogP contribution in [0.25, 0.3) is 23.0 Å². The van der Waals surface area contributed by atoms with E-state index in [4.69, 9.17) is 18.6 Å². The molecule has 0 aromatic heterocycles. The maximum Gasteiger partial charge on any atom is -0.693 e. The summed E-state index contributed by atoms with van der Waals surface area (Å²) in [4.78, 5) is 0. The first-order valence-electron chi connectivity index (χ1n) is 9.72. The second-order valence-electron chi connectivity index (χ2n) is 7.27. The summed E-state index contributed by atoms with van der Waals surface area (Å²) in [6.07, 6.45) is 5.87. The van der Waals surface area contributed by atoms with Gasteiger partial charge >= 0.3 is 35.6 Å². The van der Waals surface area contributed by atoms with Gasteiger partial charge in [-0.2, -0.15) is 12.5 Å². The first-order valence-corrected chi connectivity index (χ1v) is 14.0. The minimum atomic E-state index is -0.556. The topological polar surface area (TPSA) is 33.5 Å². The van der Waals surface area contributed by atoms with Crippen LogP contribution in [0.5, 0.6) is 0 Å². The SMILES string of the molecule is [CH2-]c1c(C2C(C)=Cc3ccccc32)cc2ccccc2c1CCCC.[Cl][Ti][Cl].[NH2-]. The molecule has 0 aliphatic heterocycles. The molecule has 3 aromatic rings. The zero-order chi connectivity index (χ0) is 20.1. The second-order valence-corrected chi connectivity index (χ2v) is 9.85. The monoisotopic (exact) mass is 459 g/mol. The van der Waals surface area contributed by atoms with Gasteiger partial charge in [-0.25, -0.2) is 0 Å². The molecule has 1 nitrogen and oxygen atoms in total. The normalized spacial score (nSPS) is 14.3. The van der Waals surface area contributed by atoms with Gasteiger partial charge in [0.05, 0.1) is 0 Å². The second kappa shape index (κ2) is 11.3. The van der Waals surface area contributed by atoms with Gasteiger partial charge in [-0.15, -0.1) is 17.2 Å². The van der Waals surface area contributed by atoms with E-state index in [1.807, 2.05) is 0 Å². The van der Waals surface area contributed by atoms with Gasteiger partial charge in [0.1, 0.15) is 0 Å². The molecule has 0 amide bonds. The van der Waals surface area contributed by atoms with Crippen LogP contribution in [-0.2, 0) is 23.5 Å². The fourth-order valence-electron chi connectivity index (χ4n) is 4.28. The molecule has 4 heteroatoms. The number of allylic oxidation sites excluding steroid dienone is 1. The Balaban J connectivity index is 0.000000708. The third kappa shape index (κ3) is 5.10. The van der Waals surface area contributed by atoms with Crippen LogP contribution in [0, 0.1) is 6.92 Å². The van der Waals surface area contributed by atoms with Gasteiger partial charge in [-0.05, 0) is 29.4 Å². The molecule has 0 radical (unpaired) electrons. The van der Waals surface area contributed by atoms with Gasteiger partial charge in [0.2, 0.25) is 0 Å². The standard InChI is InChI=1S/C25H25.2ClH.H2N.Ti/c1-4-5-12-21-18(3)24(16-20-11-6-8-13-22(20)21)25-17(2)15-19-10-7-9-14-23(19)25;;;;/h6-11,13-16,25H,3-5,12H2,1-2H3;2*1H;1H2;/q-1;;;-1;+2/p-2. The molecule has 0 heterocycles. The molecule has 2 N–H and O–H groups in total. The number of rotatable bonds is 4. The molecule has 0 spiro atoms. The zero-order valence-electron chi connectivity index (χ0n) is 17.0. The van der Waals surface area contributed by atoms with E-state index in [9.17, 15) is 0 Å². The summed E-state index contributed by atoms with van der Waals surface area (Å²) in [6, 6.07) is 19.9. The zero-order valence-corrected chi connectivity index (χ0v) is 20.1. The van der Waals surface area contributed by atoms with Crippen molar-refractivity contribution < 1.29 is 17.0 Å². The molecular formula is C25H27Cl2NTi-2. The molecule has 152 valence electrons. The van der Waals surface area contributed by atoms with E-state index in [1.54, 1.807) is 0 Å². The van der Waals surface area contributed by atoms with E-state index in [1.165, 1.54) is 57.0 Å². The van der Waals surface area contributed by atoms with Gasteiger partial charge < -0.3 is 6.15 Å². The van der Waals surface area contributed by atoms with Crippen molar-refractivity contribution in [2.75, 3.05) is 0 Å². The van der Waals surface area contributed by atoms with Crippen LogP contribution in [0.2, 0.25) is 0 Å². The van der Waals surface area contributed by atoms with Gasteiger partial charge in [0.15, 0.2) is 0 Å². The fourth-order valence-corrected chi connectivity index (χ4v) is 4.28. The molecule has 3 aromatic carbocycles. The summed E-state index contributed by atoms with van der Waals surface area (Å²) in [5, 5.41) is 2.71. The number of fused-ring (bicyclic) bond motifs is 2. The Kier molecular flexibility index (Phi) is 9.33. The Morgan fingerprint density at radius 3 is 2.38 bits per heavy atom. The summed E-state index contributed by atoms with van der Waals surface area (Å²) >= 11 is -0.556. The van der Waals surface area contributed by atoms with Crippen molar-refractivity contribution in [2.24, 2.45) is 0 Å². The maximum atomic E-state index is 4.89. The Hall–Kier alpha value is -1.22. The first-order chi connectivity index (χ1) is 13.6. The van der Waals surface area contributed by atoms with Crippen LogP contribution < -0.4 is 0 Å². The Labute approximate surface area is 191 Å². The average molecular weight is 460 g/mol. The number of halogens is 2. The predicted molar refractivity (Wildman–Crippen MR) is 126 cm³/mol. The van der Waals surface area contributed by atoms with Gasteiger partial charge in [-0.1, -0.05) is 91.8 Å². The molecule has 0 fully saturated rings. The van der Waals surface area contributed by atoms with Crippen LogP contribution in [0.15, 0.2) is 60.2 Å². The number of unbranched alkanes of at least 4 members (excludes halogenated alkanes) is 1. The van der Waals surface area contributed by atoms with Gasteiger partial charge in [-0.3, -0.25) is 0 Å². The molecule has 1 unspecified atom stereocenters. The number of hydrogen-bond acceptors (Lipinski definition) is 0. The van der Waals surface area contributed by atoms with Gasteiger partial charge in [0, 0.05) is 0 Å². The van der Waals surface area contributed by atoms with Crippen LogP contribution in [0.3, 0.4) is 0 Å². The first kappa shape index (κ1) is 24.1. The van der Waals surface area contributed by atoms with E-state index in [-0.39, 0.29) is 6.15 Å². The van der Waals surface area contributed by atoms with Crippen LogP contribution >= 0.6 is 18.6 Å². The van der Waals surface area contributed by atoms with E-state index in [2.05, 4.69) is 81.4 Å². The number of benzene rings is 3. The molecule has 4 rings (SSSR count). The summed E-state index contributed by atoms with van der Waals surface area (Å²) in [6.45, 7) is 9.06. The Morgan fingerprint density at radius 2 is 1.66 bits per heavy atom. The van der Waals surface area contributed by atoms with Crippen molar-refractivity contribution in [3.63, 3.8) is 0 Å². The van der Waals surface area contributed by atoms with E-state index in [0.29, 0.717) is 5.92 Å². The molecule has 1 aliphatic carbocycles. The maximum absolute atomic E-state index is 4.89. The average Bonchev–Trinajstić information content (AvgIpc) is 3.03. The quantitative estimate of drug-likeness (QED) is 0.275. The van der Waals surface area contributed by atoms with Crippen molar-refractivity contribution >= 4 is 35.5 Å². The summed E-state index contributed by atoms with van der Waals surface area (Å²) < 4.78 is 0. The number of hydrogen-bond donors (Lipinski definition) is 0. The third-order valence-corrected chi connectivity index (χ3v) is 5.55. The fraction of sp³-hybridized carbons (Fsp3) is 0.240. The molecule has 0 saturated heterocycles. The molecular weight excluding hydrogens is 433 g/mol. The largest absolute Gasteiger partial charge is 0.693 e. The Bertz CT molecular complexity index is 997. The summed E-state index contributed by atoms with van der Waals surface area (Å²) in [7, 11) is 9.78. The molecule has 1 atom stereocenters. The molecule has 1 aliphatic rings. The van der Waals surface area contributed by atoms with Crippen molar-refractivity contribution in [3.8, 4) is 0 Å². The minimum Gasteiger partial charge on any atom is -0.693 e. The Morgan fingerprint density at radius 1 is 1.00 bits per heavy atom. The van der Waals surface area contributed by atoms with Crippen LogP contribution in [0.1, 0.15) is 60.4 Å². The van der Waals surface area contributed by atoms with Gasteiger partial charge in [0.25, 0.3) is 0 Å². The van der Waals surface area contributed by atoms with Crippen molar-refractivity contribution in [1.29, 1.82) is 0 Å². The van der Waals surface area contributed by atoms with Crippen molar-refractivity contribution in [2.45, 2.75) is 39.0 Å². The van der Waals surface area contributed by atoms with Crippen LogP contribution in [0.4, 0.5) is 0 Å². The number of aryl methyl sites for hydroxylation is 1. The third-order valence-electron chi connectivity index (χ3n) is 5.55. The molecule has 0 bridgehead atoms. The van der Waals surface area contributed by atoms with Crippen molar-refractivity contribution in [1.82, 2.24) is 0 Å². The van der Waals surface area contributed by atoms with E-state index in [0.717, 1.165) is 6.42 Å². The van der Waals surface area contributed by atoms with Crippen molar-refractivity contribution in [3.05, 3.63) is 101 Å². The molecule has 29 heavy (non-hydrogen) atoms.